The van der Waals surface area contributed by atoms with Crippen LogP contribution in [0.1, 0.15) is 22.3 Å². The maximum absolute atomic E-state index is 5.13. The molecule has 4 heterocycles. The summed E-state index contributed by atoms with van der Waals surface area (Å²) < 4.78 is 5.13. The van der Waals surface area contributed by atoms with Gasteiger partial charge in [0.2, 0.25) is 11.8 Å². The van der Waals surface area contributed by atoms with E-state index in [1.54, 1.807) is 13.3 Å². The summed E-state index contributed by atoms with van der Waals surface area (Å²) in [5.41, 5.74) is 5.34. The van der Waals surface area contributed by atoms with E-state index in [2.05, 4.69) is 36.3 Å². The first-order chi connectivity index (χ1) is 13.2. The van der Waals surface area contributed by atoms with Crippen LogP contribution in [0.15, 0.2) is 49.2 Å². The average Bonchev–Trinajstić information content (AvgIpc) is 3.09. The number of ether oxygens (including phenoxy) is 1. The summed E-state index contributed by atoms with van der Waals surface area (Å²) in [6.45, 7) is 2.65. The summed E-state index contributed by atoms with van der Waals surface area (Å²) in [5.74, 6) is 1.18. The molecule has 2 N–H and O–H groups in total. The van der Waals surface area contributed by atoms with Gasteiger partial charge in [0.15, 0.2) is 0 Å². The number of nitrogens with one attached hydrogen (secondary N) is 2. The van der Waals surface area contributed by atoms with Gasteiger partial charge in [-0.1, -0.05) is 0 Å². The van der Waals surface area contributed by atoms with Crippen molar-refractivity contribution in [3.8, 4) is 5.88 Å². The van der Waals surface area contributed by atoms with Crippen molar-refractivity contribution in [2.75, 3.05) is 12.4 Å². The maximum Gasteiger partial charge on any atom is 0.222 e. The molecule has 4 rings (SSSR count). The van der Waals surface area contributed by atoms with Crippen molar-refractivity contribution in [3.05, 3.63) is 71.4 Å². The second kappa shape index (κ2) is 7.41. The number of hydrogen-bond donors (Lipinski definition) is 2. The molecule has 136 valence electrons. The van der Waals surface area contributed by atoms with Crippen LogP contribution in [0.5, 0.6) is 5.88 Å². The molecule has 0 saturated heterocycles. The van der Waals surface area contributed by atoms with Gasteiger partial charge in [0.05, 0.1) is 7.11 Å². The molecule has 0 spiro atoms. The monoisotopic (exact) mass is 360 g/mol. The van der Waals surface area contributed by atoms with E-state index in [-0.39, 0.29) is 0 Å². The van der Waals surface area contributed by atoms with Gasteiger partial charge in [-0.2, -0.15) is 0 Å². The van der Waals surface area contributed by atoms with Crippen molar-refractivity contribution in [2.24, 2.45) is 0 Å². The van der Waals surface area contributed by atoms with E-state index in [9.17, 15) is 0 Å². The summed E-state index contributed by atoms with van der Waals surface area (Å²) >= 11 is 0. The fourth-order valence-corrected chi connectivity index (χ4v) is 2.92. The highest BCUT2D eigenvalue weighted by molar-refractivity contribution is 5.80. The van der Waals surface area contributed by atoms with Gasteiger partial charge in [-0.3, -0.25) is 0 Å². The van der Waals surface area contributed by atoms with E-state index < -0.39 is 0 Å². The standard InChI is InChI=1S/C20H20N6O/c1-13-5-17-16(12-23-19(17)22-8-13)6-15-10-25-20(26-11-15)24-9-14-3-4-21-18(7-14)27-2/h3-5,7-8,10-12H,6,9H2,1-2H3,(H,22,23)(H,24,25,26). The molecule has 0 atom stereocenters. The molecule has 0 aromatic carbocycles. The van der Waals surface area contributed by atoms with Gasteiger partial charge < -0.3 is 15.0 Å². The predicted octanol–water partition coefficient (Wildman–Crippen LogP) is 3.27. The molecular formula is C20H20N6O. The van der Waals surface area contributed by atoms with E-state index in [0.29, 0.717) is 18.4 Å². The van der Waals surface area contributed by atoms with E-state index in [4.69, 9.17) is 4.74 Å². The van der Waals surface area contributed by atoms with Gasteiger partial charge in [-0.25, -0.2) is 19.9 Å². The number of fused-ring (bicyclic) bond motifs is 1. The molecule has 4 aromatic heterocycles. The number of H-pyrrole nitrogens is 1. The molecule has 7 heteroatoms. The quantitative estimate of drug-likeness (QED) is 0.549. The minimum Gasteiger partial charge on any atom is -0.481 e. The van der Waals surface area contributed by atoms with Crippen molar-refractivity contribution in [2.45, 2.75) is 19.9 Å². The van der Waals surface area contributed by atoms with Gasteiger partial charge in [0, 0.05) is 55.4 Å². The average molecular weight is 360 g/mol. The maximum atomic E-state index is 5.13. The van der Waals surface area contributed by atoms with Crippen LogP contribution in [0.25, 0.3) is 11.0 Å². The van der Waals surface area contributed by atoms with Crippen LogP contribution in [0.3, 0.4) is 0 Å². The zero-order valence-electron chi connectivity index (χ0n) is 15.2. The highest BCUT2D eigenvalue weighted by Gasteiger charge is 2.07. The summed E-state index contributed by atoms with van der Waals surface area (Å²) in [4.78, 5) is 20.6. The summed E-state index contributed by atoms with van der Waals surface area (Å²) in [5, 5.41) is 4.36. The molecule has 0 saturated carbocycles. The molecule has 0 radical (unpaired) electrons. The molecule has 4 aromatic rings. The zero-order valence-corrected chi connectivity index (χ0v) is 15.2. The highest BCUT2D eigenvalue weighted by atomic mass is 16.5. The lowest BCUT2D eigenvalue weighted by Gasteiger charge is -2.07. The summed E-state index contributed by atoms with van der Waals surface area (Å²) in [6, 6.07) is 5.96. The number of aromatic amines is 1. The van der Waals surface area contributed by atoms with Crippen molar-refractivity contribution in [3.63, 3.8) is 0 Å². The molecule has 0 amide bonds. The first-order valence-electron chi connectivity index (χ1n) is 8.67. The van der Waals surface area contributed by atoms with Gasteiger partial charge >= 0.3 is 0 Å². The molecule has 0 bridgehead atoms. The Morgan fingerprint density at radius 1 is 1.04 bits per heavy atom. The number of nitrogens with zero attached hydrogens (tertiary/aromatic N) is 4. The van der Waals surface area contributed by atoms with E-state index in [1.807, 2.05) is 43.8 Å². The molecule has 0 aliphatic carbocycles. The molecular weight excluding hydrogens is 340 g/mol. The molecule has 7 nitrogen and oxygen atoms in total. The molecule has 0 aliphatic rings. The van der Waals surface area contributed by atoms with Crippen LogP contribution in [0.4, 0.5) is 5.95 Å². The lowest BCUT2D eigenvalue weighted by Crippen LogP contribution is -2.04. The van der Waals surface area contributed by atoms with Crippen molar-refractivity contribution >= 4 is 17.0 Å². The fraction of sp³-hybridized carbons (Fsp3) is 0.200. The van der Waals surface area contributed by atoms with Crippen molar-refractivity contribution < 1.29 is 4.74 Å². The molecule has 0 aliphatic heterocycles. The van der Waals surface area contributed by atoms with Crippen molar-refractivity contribution in [1.82, 2.24) is 24.9 Å². The fourth-order valence-electron chi connectivity index (χ4n) is 2.92. The Morgan fingerprint density at radius 2 is 1.89 bits per heavy atom. The van der Waals surface area contributed by atoms with Gasteiger partial charge in [-0.05, 0) is 41.3 Å². The zero-order chi connectivity index (χ0) is 18.6. The smallest absolute Gasteiger partial charge is 0.222 e. The lowest BCUT2D eigenvalue weighted by molar-refractivity contribution is 0.397. The molecule has 0 fully saturated rings. The number of hydrogen-bond acceptors (Lipinski definition) is 6. The SMILES string of the molecule is COc1cc(CNc2ncc(Cc3c[nH]c4ncc(C)cc34)cn2)ccn1. The Bertz CT molecular complexity index is 1060. The number of rotatable bonds is 6. The lowest BCUT2D eigenvalue weighted by atomic mass is 10.1. The van der Waals surface area contributed by atoms with Gasteiger partial charge in [0.1, 0.15) is 5.65 Å². The van der Waals surface area contributed by atoms with Gasteiger partial charge in [0.25, 0.3) is 0 Å². The highest BCUT2D eigenvalue weighted by Crippen LogP contribution is 2.20. The Labute approximate surface area is 156 Å². The Balaban J connectivity index is 1.43. The minimum absolute atomic E-state index is 0.589. The summed E-state index contributed by atoms with van der Waals surface area (Å²) in [6.07, 6.45) is 10.0. The van der Waals surface area contributed by atoms with Crippen LogP contribution in [-0.2, 0) is 13.0 Å². The third-order valence-corrected chi connectivity index (χ3v) is 4.31. The topological polar surface area (TPSA) is 88.6 Å². The molecule has 27 heavy (non-hydrogen) atoms. The van der Waals surface area contributed by atoms with E-state index >= 15 is 0 Å². The van der Waals surface area contributed by atoms with Crippen LogP contribution in [0, 0.1) is 6.92 Å². The second-order valence-corrected chi connectivity index (χ2v) is 6.37. The first kappa shape index (κ1) is 17.0. The molecule has 0 unspecified atom stereocenters. The predicted molar refractivity (Wildman–Crippen MR) is 104 cm³/mol. The Morgan fingerprint density at radius 3 is 2.70 bits per heavy atom. The van der Waals surface area contributed by atoms with E-state index in [0.717, 1.165) is 34.1 Å². The number of aromatic nitrogens is 5. The number of anilines is 1. The minimum atomic E-state index is 0.589. The number of methoxy groups -OCH3 is 1. The number of pyridine rings is 2. The Hall–Kier alpha value is -3.48. The first-order valence-corrected chi connectivity index (χ1v) is 8.67. The van der Waals surface area contributed by atoms with E-state index in [1.165, 1.54) is 5.56 Å². The summed E-state index contributed by atoms with van der Waals surface area (Å²) in [7, 11) is 1.60. The second-order valence-electron chi connectivity index (χ2n) is 6.37. The normalized spacial score (nSPS) is 10.9. The van der Waals surface area contributed by atoms with Gasteiger partial charge in [-0.15, -0.1) is 0 Å². The third-order valence-electron chi connectivity index (χ3n) is 4.31. The number of aryl methyl sites for hydroxylation is 1. The van der Waals surface area contributed by atoms with Crippen LogP contribution in [-0.4, -0.2) is 32.0 Å². The Kier molecular flexibility index (Phi) is 4.65. The van der Waals surface area contributed by atoms with Crippen LogP contribution >= 0.6 is 0 Å². The van der Waals surface area contributed by atoms with Crippen LogP contribution in [0.2, 0.25) is 0 Å². The largest absolute Gasteiger partial charge is 0.481 e. The van der Waals surface area contributed by atoms with Crippen molar-refractivity contribution in [1.29, 1.82) is 0 Å². The third kappa shape index (κ3) is 3.87. The van der Waals surface area contributed by atoms with Crippen LogP contribution < -0.4 is 10.1 Å².